The van der Waals surface area contributed by atoms with E-state index in [0.29, 0.717) is 22.5 Å². The highest BCUT2D eigenvalue weighted by Gasteiger charge is 2.37. The molecule has 1 saturated carbocycles. The Labute approximate surface area is 206 Å². The van der Waals surface area contributed by atoms with Gasteiger partial charge in [-0.3, -0.25) is 14.8 Å². The van der Waals surface area contributed by atoms with Gasteiger partial charge in [0.05, 0.1) is 30.1 Å². The molecule has 35 heavy (non-hydrogen) atoms. The number of ether oxygens (including phenoxy) is 2. The van der Waals surface area contributed by atoms with E-state index in [4.69, 9.17) is 4.74 Å². The molecule has 3 aromatic rings. The van der Waals surface area contributed by atoms with Gasteiger partial charge in [-0.2, -0.15) is 0 Å². The predicted octanol–water partition coefficient (Wildman–Crippen LogP) is 5.47. The van der Waals surface area contributed by atoms with Gasteiger partial charge in [-0.05, 0) is 49.1 Å². The summed E-state index contributed by atoms with van der Waals surface area (Å²) in [4.78, 5) is 34.0. The first-order valence-electron chi connectivity index (χ1n) is 10.5. The van der Waals surface area contributed by atoms with Crippen molar-refractivity contribution < 1.29 is 32.2 Å². The monoisotopic (exact) mass is 549 g/mol. The molecule has 1 aliphatic rings. The van der Waals surface area contributed by atoms with Crippen LogP contribution in [-0.4, -0.2) is 35.3 Å². The number of nitrogens with one attached hydrogen (secondary N) is 1. The molecule has 1 heterocycles. The SMILES string of the molecule is COC(=O)c1cccc(-c2nccnc2C(NC(=O)c2cc(Br)cc(OC(F)(F)F)c2)C2CC2)c1. The lowest BCUT2D eigenvalue weighted by Crippen LogP contribution is -2.31. The summed E-state index contributed by atoms with van der Waals surface area (Å²) in [6.45, 7) is 0. The second-order valence-corrected chi connectivity index (χ2v) is 8.79. The second kappa shape index (κ2) is 10.0. The minimum absolute atomic E-state index is 0.0117. The van der Waals surface area contributed by atoms with Gasteiger partial charge in [-0.1, -0.05) is 28.1 Å². The van der Waals surface area contributed by atoms with Gasteiger partial charge in [-0.15, -0.1) is 13.2 Å². The molecular formula is C24H19BrF3N3O4. The molecule has 11 heteroatoms. The van der Waals surface area contributed by atoms with Crippen LogP contribution in [0.5, 0.6) is 5.75 Å². The van der Waals surface area contributed by atoms with Gasteiger partial charge in [0.2, 0.25) is 0 Å². The molecule has 0 spiro atoms. The van der Waals surface area contributed by atoms with Crippen LogP contribution in [0.3, 0.4) is 0 Å². The Hall–Kier alpha value is -3.47. The zero-order chi connectivity index (χ0) is 25.2. The Morgan fingerprint density at radius 2 is 1.83 bits per heavy atom. The third-order valence-electron chi connectivity index (χ3n) is 5.33. The number of hydrogen-bond acceptors (Lipinski definition) is 6. The number of benzene rings is 2. The van der Waals surface area contributed by atoms with E-state index in [9.17, 15) is 22.8 Å². The molecule has 1 unspecified atom stereocenters. The number of esters is 1. The molecule has 1 aliphatic carbocycles. The number of carbonyl (C=O) groups is 2. The van der Waals surface area contributed by atoms with Crippen LogP contribution < -0.4 is 10.1 Å². The molecule has 0 aliphatic heterocycles. The highest BCUT2D eigenvalue weighted by molar-refractivity contribution is 9.10. The van der Waals surface area contributed by atoms with Crippen molar-refractivity contribution in [2.45, 2.75) is 25.2 Å². The van der Waals surface area contributed by atoms with E-state index in [2.05, 4.69) is 36.0 Å². The largest absolute Gasteiger partial charge is 0.573 e. The number of nitrogens with zero attached hydrogens (tertiary/aromatic N) is 2. The van der Waals surface area contributed by atoms with Crippen molar-refractivity contribution in [3.63, 3.8) is 0 Å². The molecule has 1 N–H and O–H groups in total. The van der Waals surface area contributed by atoms with E-state index in [1.165, 1.54) is 25.6 Å². The van der Waals surface area contributed by atoms with Gasteiger partial charge < -0.3 is 14.8 Å². The maximum Gasteiger partial charge on any atom is 0.573 e. The standard InChI is InChI=1S/C24H19BrF3N3O4/c1-34-23(33)15-4-2-3-14(9-15)19-21(30-8-7-29-19)20(13-5-6-13)31-22(32)16-10-17(25)12-18(11-16)35-24(26,27)28/h2-4,7-13,20H,5-6H2,1H3,(H,31,32). The minimum atomic E-state index is -4.89. The fraction of sp³-hybridized carbons (Fsp3) is 0.250. The van der Waals surface area contributed by atoms with E-state index in [1.54, 1.807) is 24.3 Å². The average Bonchev–Trinajstić information content (AvgIpc) is 3.66. The fourth-order valence-electron chi connectivity index (χ4n) is 3.66. The molecule has 182 valence electrons. The molecule has 4 rings (SSSR count). The molecule has 0 bridgehead atoms. The summed E-state index contributed by atoms with van der Waals surface area (Å²) in [6.07, 6.45) is -0.212. The van der Waals surface area contributed by atoms with E-state index < -0.39 is 30.0 Å². The molecule has 1 atom stereocenters. The van der Waals surface area contributed by atoms with E-state index in [1.807, 2.05) is 0 Å². The van der Waals surface area contributed by atoms with Crippen LogP contribution in [0.2, 0.25) is 0 Å². The van der Waals surface area contributed by atoms with Gasteiger partial charge in [0.25, 0.3) is 5.91 Å². The lowest BCUT2D eigenvalue weighted by molar-refractivity contribution is -0.274. The van der Waals surface area contributed by atoms with Crippen LogP contribution in [0.4, 0.5) is 13.2 Å². The topological polar surface area (TPSA) is 90.4 Å². The third kappa shape index (κ3) is 6.16. The first-order valence-corrected chi connectivity index (χ1v) is 11.3. The van der Waals surface area contributed by atoms with Gasteiger partial charge in [0, 0.05) is 28.0 Å². The maximum atomic E-state index is 13.1. The summed E-state index contributed by atoms with van der Waals surface area (Å²) < 4.78 is 47.0. The summed E-state index contributed by atoms with van der Waals surface area (Å²) in [5.74, 6) is -1.53. The van der Waals surface area contributed by atoms with E-state index >= 15 is 0 Å². The Bertz CT molecular complexity index is 1260. The average molecular weight is 550 g/mol. The normalized spacial score (nSPS) is 14.2. The summed E-state index contributed by atoms with van der Waals surface area (Å²) in [5, 5.41) is 2.90. The summed E-state index contributed by atoms with van der Waals surface area (Å²) >= 11 is 3.12. The van der Waals surface area contributed by atoms with Crippen molar-refractivity contribution in [2.24, 2.45) is 5.92 Å². The van der Waals surface area contributed by atoms with Crippen LogP contribution in [0.1, 0.15) is 45.3 Å². The van der Waals surface area contributed by atoms with E-state index in [-0.39, 0.29) is 16.0 Å². The van der Waals surface area contributed by atoms with Gasteiger partial charge in [0.15, 0.2) is 0 Å². The van der Waals surface area contributed by atoms with E-state index in [0.717, 1.165) is 25.0 Å². The zero-order valence-electron chi connectivity index (χ0n) is 18.3. The molecule has 2 aromatic carbocycles. The summed E-state index contributed by atoms with van der Waals surface area (Å²) in [7, 11) is 1.29. The second-order valence-electron chi connectivity index (χ2n) is 7.87. The molecule has 1 fully saturated rings. The predicted molar refractivity (Wildman–Crippen MR) is 123 cm³/mol. The number of methoxy groups -OCH3 is 1. The first kappa shape index (κ1) is 24.6. The van der Waals surface area contributed by atoms with Gasteiger partial charge in [-0.25, -0.2) is 4.79 Å². The molecule has 1 amide bonds. The number of aromatic nitrogens is 2. The number of halogens is 4. The lowest BCUT2D eigenvalue weighted by Gasteiger charge is -2.21. The van der Waals surface area contributed by atoms with Crippen molar-refractivity contribution in [1.82, 2.24) is 15.3 Å². The van der Waals surface area contributed by atoms with Gasteiger partial charge >= 0.3 is 12.3 Å². The first-order chi connectivity index (χ1) is 16.6. The number of amides is 1. The van der Waals surface area contributed by atoms with Crippen molar-refractivity contribution >= 4 is 27.8 Å². The van der Waals surface area contributed by atoms with Crippen LogP contribution in [0, 0.1) is 5.92 Å². The summed E-state index contributed by atoms with van der Waals surface area (Å²) in [6, 6.07) is 9.69. The zero-order valence-corrected chi connectivity index (χ0v) is 19.9. The fourth-order valence-corrected chi connectivity index (χ4v) is 4.13. The molecule has 0 saturated heterocycles. The van der Waals surface area contributed by atoms with Crippen LogP contribution in [0.15, 0.2) is 59.3 Å². The van der Waals surface area contributed by atoms with Gasteiger partial charge in [0.1, 0.15) is 5.75 Å². The van der Waals surface area contributed by atoms with Crippen molar-refractivity contribution in [3.05, 3.63) is 76.2 Å². The van der Waals surface area contributed by atoms with Crippen LogP contribution in [0.25, 0.3) is 11.3 Å². The Morgan fingerprint density at radius 1 is 1.09 bits per heavy atom. The highest BCUT2D eigenvalue weighted by Crippen LogP contribution is 2.43. The maximum absolute atomic E-state index is 13.1. The number of rotatable bonds is 7. The number of carbonyl (C=O) groups excluding carboxylic acids is 2. The Morgan fingerprint density at radius 3 is 2.51 bits per heavy atom. The van der Waals surface area contributed by atoms with Crippen molar-refractivity contribution in [3.8, 4) is 17.0 Å². The smallest absolute Gasteiger partial charge is 0.465 e. The summed E-state index contributed by atoms with van der Waals surface area (Å²) in [5.41, 5.74) is 1.90. The van der Waals surface area contributed by atoms with Crippen molar-refractivity contribution in [1.29, 1.82) is 0 Å². The Kier molecular flexibility index (Phi) is 7.06. The Balaban J connectivity index is 1.66. The van der Waals surface area contributed by atoms with Crippen LogP contribution >= 0.6 is 15.9 Å². The number of alkyl halides is 3. The molecule has 0 radical (unpaired) electrons. The molecule has 7 nitrogen and oxygen atoms in total. The highest BCUT2D eigenvalue weighted by atomic mass is 79.9. The number of hydrogen-bond donors (Lipinski definition) is 1. The van der Waals surface area contributed by atoms with Crippen LogP contribution in [-0.2, 0) is 4.74 Å². The quantitative estimate of drug-likeness (QED) is 0.393. The minimum Gasteiger partial charge on any atom is -0.465 e. The third-order valence-corrected chi connectivity index (χ3v) is 5.78. The molecule has 1 aromatic heterocycles. The lowest BCUT2D eigenvalue weighted by atomic mass is 9.99. The van der Waals surface area contributed by atoms with Crippen molar-refractivity contribution in [2.75, 3.05) is 7.11 Å². The molecular weight excluding hydrogens is 531 g/mol.